The van der Waals surface area contributed by atoms with E-state index in [4.69, 9.17) is 9.47 Å². The van der Waals surface area contributed by atoms with Gasteiger partial charge in [0.25, 0.3) is 0 Å². The molecule has 0 heterocycles. The Kier molecular flexibility index (Phi) is 5.02. The maximum Gasteiger partial charge on any atom is 0.124 e. The monoisotopic (exact) mass is 249 g/mol. The van der Waals surface area contributed by atoms with Gasteiger partial charge < -0.3 is 14.8 Å². The molecule has 100 valence electrons. The van der Waals surface area contributed by atoms with Gasteiger partial charge in [-0.15, -0.1) is 0 Å². The zero-order chi connectivity index (χ0) is 12.8. The standard InChI is InChI=1S/C15H23NO2/c1-16-10-12-7-8-15(17-2)13(9-12)11-18-14-5-3-4-6-14/h7-9,14,16H,3-6,10-11H2,1-2H3. The SMILES string of the molecule is CNCc1ccc(OC)c(COC2CCCC2)c1. The summed E-state index contributed by atoms with van der Waals surface area (Å²) in [4.78, 5) is 0. The number of methoxy groups -OCH3 is 1. The predicted molar refractivity (Wildman–Crippen MR) is 72.8 cm³/mol. The molecule has 1 saturated carbocycles. The fourth-order valence-corrected chi connectivity index (χ4v) is 2.52. The van der Waals surface area contributed by atoms with Gasteiger partial charge in [-0.1, -0.05) is 18.9 Å². The minimum absolute atomic E-state index is 0.447. The fraction of sp³-hybridized carbons (Fsp3) is 0.600. The summed E-state index contributed by atoms with van der Waals surface area (Å²) in [5.74, 6) is 0.924. The number of hydrogen-bond acceptors (Lipinski definition) is 3. The van der Waals surface area contributed by atoms with E-state index in [2.05, 4.69) is 17.4 Å². The first-order valence-electron chi connectivity index (χ1n) is 6.75. The molecule has 0 amide bonds. The Hall–Kier alpha value is -1.06. The first-order valence-corrected chi connectivity index (χ1v) is 6.75. The van der Waals surface area contributed by atoms with E-state index < -0.39 is 0 Å². The van der Waals surface area contributed by atoms with Gasteiger partial charge in [-0.25, -0.2) is 0 Å². The number of ether oxygens (including phenoxy) is 2. The Morgan fingerprint density at radius 1 is 1.28 bits per heavy atom. The van der Waals surface area contributed by atoms with E-state index >= 15 is 0 Å². The van der Waals surface area contributed by atoms with Gasteiger partial charge >= 0.3 is 0 Å². The molecule has 3 heteroatoms. The summed E-state index contributed by atoms with van der Waals surface area (Å²) in [5, 5.41) is 3.16. The van der Waals surface area contributed by atoms with E-state index in [1.165, 1.54) is 31.2 Å². The van der Waals surface area contributed by atoms with Crippen LogP contribution in [0.25, 0.3) is 0 Å². The summed E-state index contributed by atoms with van der Waals surface area (Å²) in [6.07, 6.45) is 5.47. The van der Waals surface area contributed by atoms with Gasteiger partial charge in [-0.2, -0.15) is 0 Å². The van der Waals surface area contributed by atoms with Crippen molar-refractivity contribution in [3.05, 3.63) is 29.3 Å². The van der Waals surface area contributed by atoms with Gasteiger partial charge in [0.1, 0.15) is 5.75 Å². The van der Waals surface area contributed by atoms with E-state index in [-0.39, 0.29) is 0 Å². The minimum Gasteiger partial charge on any atom is -0.496 e. The van der Waals surface area contributed by atoms with Gasteiger partial charge in [0, 0.05) is 12.1 Å². The molecular weight excluding hydrogens is 226 g/mol. The minimum atomic E-state index is 0.447. The van der Waals surface area contributed by atoms with Gasteiger partial charge in [-0.05, 0) is 37.6 Å². The number of rotatable bonds is 6. The van der Waals surface area contributed by atoms with Crippen molar-refractivity contribution in [3.8, 4) is 5.75 Å². The van der Waals surface area contributed by atoms with Crippen LogP contribution in [0.1, 0.15) is 36.8 Å². The lowest BCUT2D eigenvalue weighted by molar-refractivity contribution is 0.0446. The molecule has 1 fully saturated rings. The highest BCUT2D eigenvalue weighted by Gasteiger charge is 2.16. The zero-order valence-corrected chi connectivity index (χ0v) is 11.4. The smallest absolute Gasteiger partial charge is 0.124 e. The van der Waals surface area contributed by atoms with Crippen molar-refractivity contribution in [3.63, 3.8) is 0 Å². The van der Waals surface area contributed by atoms with Gasteiger partial charge in [0.15, 0.2) is 0 Å². The summed E-state index contributed by atoms with van der Waals surface area (Å²) in [6.45, 7) is 1.53. The molecule has 1 aromatic carbocycles. The Morgan fingerprint density at radius 3 is 2.72 bits per heavy atom. The molecule has 3 nitrogen and oxygen atoms in total. The van der Waals surface area contributed by atoms with Crippen LogP contribution >= 0.6 is 0 Å². The average molecular weight is 249 g/mol. The van der Waals surface area contributed by atoms with Gasteiger partial charge in [-0.3, -0.25) is 0 Å². The summed E-state index contributed by atoms with van der Waals surface area (Å²) < 4.78 is 11.4. The van der Waals surface area contributed by atoms with Gasteiger partial charge in [0.05, 0.1) is 19.8 Å². The third kappa shape index (κ3) is 3.47. The Morgan fingerprint density at radius 2 is 2.06 bits per heavy atom. The Bertz CT molecular complexity index is 373. The molecular formula is C15H23NO2. The van der Waals surface area contributed by atoms with Crippen LogP contribution in [-0.2, 0) is 17.9 Å². The quantitative estimate of drug-likeness (QED) is 0.841. The fourth-order valence-electron chi connectivity index (χ4n) is 2.52. The van der Waals surface area contributed by atoms with E-state index in [1.807, 2.05) is 13.1 Å². The lowest BCUT2D eigenvalue weighted by Gasteiger charge is -2.14. The van der Waals surface area contributed by atoms with Crippen LogP contribution < -0.4 is 10.1 Å². The summed E-state index contributed by atoms with van der Waals surface area (Å²) in [7, 11) is 3.67. The highest BCUT2D eigenvalue weighted by atomic mass is 16.5. The molecule has 1 aliphatic rings. The second kappa shape index (κ2) is 6.76. The summed E-state index contributed by atoms with van der Waals surface area (Å²) in [6, 6.07) is 6.29. The molecule has 0 bridgehead atoms. The zero-order valence-electron chi connectivity index (χ0n) is 11.4. The first kappa shape index (κ1) is 13.4. The topological polar surface area (TPSA) is 30.5 Å². The number of hydrogen-bond donors (Lipinski definition) is 1. The predicted octanol–water partition coefficient (Wildman–Crippen LogP) is 2.87. The summed E-state index contributed by atoms with van der Waals surface area (Å²) >= 11 is 0. The van der Waals surface area contributed by atoms with E-state index in [9.17, 15) is 0 Å². The number of benzene rings is 1. The van der Waals surface area contributed by atoms with Crippen molar-refractivity contribution in [2.24, 2.45) is 0 Å². The largest absolute Gasteiger partial charge is 0.496 e. The molecule has 0 radical (unpaired) electrons. The van der Waals surface area contributed by atoms with Gasteiger partial charge in [0.2, 0.25) is 0 Å². The van der Waals surface area contributed by atoms with Crippen molar-refractivity contribution >= 4 is 0 Å². The molecule has 1 N–H and O–H groups in total. The van der Waals surface area contributed by atoms with Crippen molar-refractivity contribution in [1.29, 1.82) is 0 Å². The third-order valence-electron chi connectivity index (χ3n) is 3.50. The molecule has 0 aliphatic heterocycles. The van der Waals surface area contributed by atoms with Crippen LogP contribution in [-0.4, -0.2) is 20.3 Å². The van der Waals surface area contributed by atoms with E-state index in [0.29, 0.717) is 12.7 Å². The molecule has 0 aromatic heterocycles. The summed E-state index contributed by atoms with van der Waals surface area (Å²) in [5.41, 5.74) is 2.42. The van der Waals surface area contributed by atoms with Crippen molar-refractivity contribution < 1.29 is 9.47 Å². The first-order chi connectivity index (χ1) is 8.83. The van der Waals surface area contributed by atoms with Crippen molar-refractivity contribution in [2.75, 3.05) is 14.2 Å². The molecule has 0 spiro atoms. The lowest BCUT2D eigenvalue weighted by Crippen LogP contribution is -2.09. The Labute approximate surface area is 109 Å². The Balaban J connectivity index is 2.00. The second-order valence-electron chi connectivity index (χ2n) is 4.89. The van der Waals surface area contributed by atoms with Crippen LogP contribution in [0.5, 0.6) is 5.75 Å². The highest BCUT2D eigenvalue weighted by molar-refractivity contribution is 5.36. The van der Waals surface area contributed by atoms with Crippen LogP contribution in [0, 0.1) is 0 Å². The maximum atomic E-state index is 5.96. The van der Waals surface area contributed by atoms with Crippen LogP contribution in [0.2, 0.25) is 0 Å². The third-order valence-corrected chi connectivity index (χ3v) is 3.50. The lowest BCUT2D eigenvalue weighted by atomic mass is 10.1. The molecule has 18 heavy (non-hydrogen) atoms. The highest BCUT2D eigenvalue weighted by Crippen LogP contribution is 2.25. The average Bonchev–Trinajstić information content (AvgIpc) is 2.90. The molecule has 1 aliphatic carbocycles. The normalized spacial score (nSPS) is 16.1. The van der Waals surface area contributed by atoms with Crippen LogP contribution in [0.15, 0.2) is 18.2 Å². The molecule has 0 unspecified atom stereocenters. The van der Waals surface area contributed by atoms with E-state index in [0.717, 1.165) is 17.9 Å². The molecule has 0 saturated heterocycles. The number of nitrogens with one attached hydrogen (secondary N) is 1. The molecule has 1 aromatic rings. The van der Waals surface area contributed by atoms with Crippen LogP contribution in [0.4, 0.5) is 0 Å². The second-order valence-corrected chi connectivity index (χ2v) is 4.89. The van der Waals surface area contributed by atoms with Crippen LogP contribution in [0.3, 0.4) is 0 Å². The van der Waals surface area contributed by atoms with Crippen molar-refractivity contribution in [1.82, 2.24) is 5.32 Å². The molecule has 2 rings (SSSR count). The molecule has 0 atom stereocenters. The maximum absolute atomic E-state index is 5.96. The van der Waals surface area contributed by atoms with E-state index in [1.54, 1.807) is 7.11 Å². The van der Waals surface area contributed by atoms with Crippen molar-refractivity contribution in [2.45, 2.75) is 44.9 Å².